The number of anilines is 2. The molecule has 1 aromatic carbocycles. The summed E-state index contributed by atoms with van der Waals surface area (Å²) in [5.74, 6) is 1.27. The summed E-state index contributed by atoms with van der Waals surface area (Å²) in [5.41, 5.74) is 2.07. The molecule has 0 aliphatic rings. The van der Waals surface area contributed by atoms with E-state index < -0.39 is 0 Å². The minimum absolute atomic E-state index is 0.459. The summed E-state index contributed by atoms with van der Waals surface area (Å²) in [7, 11) is 1.68. The molecule has 0 aliphatic carbocycles. The Kier molecular flexibility index (Phi) is 4.66. The van der Waals surface area contributed by atoms with Crippen molar-refractivity contribution in [1.29, 1.82) is 0 Å². The molecule has 0 unspecified atom stereocenters. The Morgan fingerprint density at radius 2 is 2.14 bits per heavy atom. The summed E-state index contributed by atoms with van der Waals surface area (Å²) in [6.45, 7) is 4.97. The van der Waals surface area contributed by atoms with E-state index in [0.717, 1.165) is 28.6 Å². The molecule has 22 heavy (non-hydrogen) atoms. The lowest BCUT2D eigenvalue weighted by molar-refractivity contribution is 0.201. The Morgan fingerprint density at radius 3 is 2.91 bits per heavy atom. The summed E-state index contributed by atoms with van der Waals surface area (Å²) in [5, 5.41) is 5.29. The van der Waals surface area contributed by atoms with Gasteiger partial charge in [-0.15, -0.1) is 11.3 Å². The molecule has 0 spiro atoms. The maximum atomic E-state index is 5.04. The minimum Gasteiger partial charge on any atom is -0.384 e. The van der Waals surface area contributed by atoms with Crippen molar-refractivity contribution in [3.8, 4) is 0 Å². The van der Waals surface area contributed by atoms with E-state index >= 15 is 0 Å². The fraction of sp³-hybridized carbons (Fsp3) is 0.400. The zero-order valence-corrected chi connectivity index (χ0v) is 14.4. The zero-order valence-electron chi connectivity index (χ0n) is 12.8. The lowest BCUT2D eigenvalue weighted by Crippen LogP contribution is -1.96. The van der Waals surface area contributed by atoms with Gasteiger partial charge in [0.05, 0.1) is 21.8 Å². The molecule has 3 aromatic rings. The number of benzene rings is 1. The maximum Gasteiger partial charge on any atom is 0.207 e. The van der Waals surface area contributed by atoms with Gasteiger partial charge in [0.15, 0.2) is 0 Å². The number of rotatable bonds is 6. The number of methoxy groups -OCH3 is 1. The van der Waals surface area contributed by atoms with Crippen molar-refractivity contribution >= 4 is 43.9 Å². The summed E-state index contributed by atoms with van der Waals surface area (Å²) >= 11 is 3.12. The third-order valence-electron chi connectivity index (χ3n) is 3.15. The first kappa shape index (κ1) is 15.3. The van der Waals surface area contributed by atoms with Gasteiger partial charge in [-0.3, -0.25) is 0 Å². The van der Waals surface area contributed by atoms with Crippen LogP contribution in [0.5, 0.6) is 0 Å². The second-order valence-corrected chi connectivity index (χ2v) is 7.09. The molecule has 0 aliphatic heterocycles. The molecular weight excluding hydrogens is 316 g/mol. The van der Waals surface area contributed by atoms with Crippen LogP contribution in [-0.2, 0) is 11.2 Å². The van der Waals surface area contributed by atoms with E-state index in [1.165, 1.54) is 21.2 Å². The largest absolute Gasteiger partial charge is 0.384 e. The Bertz CT molecular complexity index is 766. The Hall–Kier alpha value is -1.57. The third kappa shape index (κ3) is 3.43. The van der Waals surface area contributed by atoms with Crippen LogP contribution in [0.3, 0.4) is 0 Å². The van der Waals surface area contributed by atoms with Gasteiger partial charge in [-0.05, 0) is 18.2 Å². The summed E-state index contributed by atoms with van der Waals surface area (Å²) < 4.78 is 10.6. The first-order valence-corrected chi connectivity index (χ1v) is 8.73. The first-order valence-electron chi connectivity index (χ1n) is 7.14. The summed E-state index contributed by atoms with van der Waals surface area (Å²) in [4.78, 5) is 9.11. The molecular formula is C15H18N4OS2. The van der Waals surface area contributed by atoms with Crippen LogP contribution >= 0.6 is 22.9 Å². The molecule has 2 heterocycles. The van der Waals surface area contributed by atoms with Gasteiger partial charge < -0.3 is 10.1 Å². The molecule has 0 fully saturated rings. The Morgan fingerprint density at radius 1 is 1.27 bits per heavy atom. The van der Waals surface area contributed by atoms with Crippen LogP contribution in [0.25, 0.3) is 10.2 Å². The van der Waals surface area contributed by atoms with E-state index in [4.69, 9.17) is 4.74 Å². The van der Waals surface area contributed by atoms with E-state index in [1.807, 2.05) is 12.1 Å². The van der Waals surface area contributed by atoms with Crippen LogP contribution in [0.4, 0.5) is 10.8 Å². The molecule has 0 saturated heterocycles. The molecule has 0 amide bonds. The van der Waals surface area contributed by atoms with Crippen LogP contribution < -0.4 is 5.32 Å². The van der Waals surface area contributed by atoms with Gasteiger partial charge in [-0.2, -0.15) is 4.37 Å². The van der Waals surface area contributed by atoms with Gasteiger partial charge in [0, 0.05) is 36.7 Å². The standard InChI is InChI=1S/C15H18N4OS2/c1-9(2)14-17-11-5-4-10(8-12(11)21-14)16-15-18-13(19-22-15)6-7-20-3/h4-5,8-9H,6-7H2,1-3H3,(H,16,18,19). The van der Waals surface area contributed by atoms with Crippen LogP contribution in [-0.4, -0.2) is 28.1 Å². The monoisotopic (exact) mass is 334 g/mol. The normalized spacial score (nSPS) is 11.5. The predicted molar refractivity (Wildman–Crippen MR) is 92.5 cm³/mol. The second kappa shape index (κ2) is 6.68. The fourth-order valence-electron chi connectivity index (χ4n) is 1.99. The van der Waals surface area contributed by atoms with Crippen LogP contribution in [0.1, 0.15) is 30.6 Å². The smallest absolute Gasteiger partial charge is 0.207 e. The van der Waals surface area contributed by atoms with Crippen LogP contribution in [0, 0.1) is 0 Å². The van der Waals surface area contributed by atoms with Gasteiger partial charge in [-0.25, -0.2) is 9.97 Å². The van der Waals surface area contributed by atoms with E-state index in [0.29, 0.717) is 12.5 Å². The molecule has 1 N–H and O–H groups in total. The van der Waals surface area contributed by atoms with Gasteiger partial charge in [0.1, 0.15) is 5.82 Å². The molecule has 2 aromatic heterocycles. The number of hydrogen-bond acceptors (Lipinski definition) is 7. The molecule has 0 bridgehead atoms. The highest BCUT2D eigenvalue weighted by Crippen LogP contribution is 2.30. The SMILES string of the molecule is COCCc1nsc(Nc2ccc3nc(C(C)C)sc3c2)n1. The third-order valence-corrected chi connectivity index (χ3v) is 5.14. The number of aromatic nitrogens is 3. The Balaban J connectivity index is 1.77. The second-order valence-electron chi connectivity index (χ2n) is 5.27. The topological polar surface area (TPSA) is 59.9 Å². The maximum absolute atomic E-state index is 5.04. The number of nitrogens with zero attached hydrogens (tertiary/aromatic N) is 3. The number of ether oxygens (including phenoxy) is 1. The summed E-state index contributed by atoms with van der Waals surface area (Å²) in [6.07, 6.45) is 0.736. The van der Waals surface area contributed by atoms with E-state index in [1.54, 1.807) is 18.4 Å². The minimum atomic E-state index is 0.459. The quantitative estimate of drug-likeness (QED) is 0.732. The zero-order chi connectivity index (χ0) is 15.5. The highest BCUT2D eigenvalue weighted by molar-refractivity contribution is 7.18. The van der Waals surface area contributed by atoms with Crippen LogP contribution in [0.2, 0.25) is 0 Å². The van der Waals surface area contributed by atoms with Gasteiger partial charge in [-0.1, -0.05) is 13.8 Å². The van der Waals surface area contributed by atoms with Crippen molar-refractivity contribution in [2.75, 3.05) is 19.0 Å². The van der Waals surface area contributed by atoms with E-state index in [9.17, 15) is 0 Å². The van der Waals surface area contributed by atoms with Crippen molar-refractivity contribution in [2.24, 2.45) is 0 Å². The predicted octanol–water partition coefficient (Wildman–Crippen LogP) is 4.20. The highest BCUT2D eigenvalue weighted by atomic mass is 32.1. The van der Waals surface area contributed by atoms with E-state index in [2.05, 4.69) is 39.6 Å². The van der Waals surface area contributed by atoms with Crippen LogP contribution in [0.15, 0.2) is 18.2 Å². The molecule has 0 atom stereocenters. The number of nitrogens with one attached hydrogen (secondary N) is 1. The number of thiazole rings is 1. The lowest BCUT2D eigenvalue weighted by Gasteiger charge is -2.01. The van der Waals surface area contributed by atoms with Gasteiger partial charge >= 0.3 is 0 Å². The average Bonchev–Trinajstić information content (AvgIpc) is 3.11. The molecule has 7 heteroatoms. The van der Waals surface area contributed by atoms with Crippen molar-refractivity contribution in [2.45, 2.75) is 26.2 Å². The van der Waals surface area contributed by atoms with Crippen molar-refractivity contribution < 1.29 is 4.74 Å². The van der Waals surface area contributed by atoms with E-state index in [-0.39, 0.29) is 0 Å². The van der Waals surface area contributed by atoms with Gasteiger partial charge in [0.2, 0.25) is 5.13 Å². The number of fused-ring (bicyclic) bond motifs is 1. The van der Waals surface area contributed by atoms with Gasteiger partial charge in [0.25, 0.3) is 0 Å². The Labute approximate surface area is 137 Å². The highest BCUT2D eigenvalue weighted by Gasteiger charge is 2.09. The molecule has 3 rings (SSSR count). The van der Waals surface area contributed by atoms with Crippen molar-refractivity contribution in [3.05, 3.63) is 29.0 Å². The average molecular weight is 334 g/mol. The van der Waals surface area contributed by atoms with Crippen molar-refractivity contribution in [1.82, 2.24) is 14.3 Å². The molecule has 116 valence electrons. The summed E-state index contributed by atoms with van der Waals surface area (Å²) in [6, 6.07) is 6.20. The fourth-order valence-corrected chi connectivity index (χ4v) is 3.63. The van der Waals surface area contributed by atoms with Crippen molar-refractivity contribution in [3.63, 3.8) is 0 Å². The molecule has 0 radical (unpaired) electrons. The molecule has 0 saturated carbocycles. The number of hydrogen-bond donors (Lipinski definition) is 1. The lowest BCUT2D eigenvalue weighted by atomic mass is 10.2. The first-order chi connectivity index (χ1) is 10.7. The molecule has 5 nitrogen and oxygen atoms in total.